The van der Waals surface area contributed by atoms with Gasteiger partial charge in [0.2, 0.25) is 15.9 Å². The van der Waals surface area contributed by atoms with Crippen molar-refractivity contribution in [1.29, 1.82) is 0 Å². The van der Waals surface area contributed by atoms with Crippen molar-refractivity contribution in [3.8, 4) is 0 Å². The number of amides is 1. The Morgan fingerprint density at radius 3 is 2.14 bits per heavy atom. The van der Waals surface area contributed by atoms with Crippen LogP contribution < -0.4 is 10.6 Å². The third kappa shape index (κ3) is 5.17. The highest BCUT2D eigenvalue weighted by molar-refractivity contribution is 7.89. The van der Waals surface area contributed by atoms with Crippen molar-refractivity contribution >= 4 is 33.1 Å². The summed E-state index contributed by atoms with van der Waals surface area (Å²) in [5, 5.41) is 5.65. The van der Waals surface area contributed by atoms with E-state index < -0.39 is 10.0 Å². The van der Waals surface area contributed by atoms with Crippen LogP contribution in [0.15, 0.2) is 53.4 Å². The molecule has 8 heteroatoms. The zero-order valence-corrected chi connectivity index (χ0v) is 17.0. The van der Waals surface area contributed by atoms with Crippen LogP contribution in [0.2, 0.25) is 0 Å². The number of nitrogens with one attached hydrogen (secondary N) is 2. The molecule has 0 aliphatic rings. The number of rotatable bonds is 9. The van der Waals surface area contributed by atoms with Gasteiger partial charge in [-0.2, -0.15) is 4.31 Å². The van der Waals surface area contributed by atoms with Gasteiger partial charge in [-0.25, -0.2) is 8.42 Å². The molecule has 0 aliphatic carbocycles. The maximum Gasteiger partial charge on any atom is 0.243 e. The van der Waals surface area contributed by atoms with E-state index in [2.05, 4.69) is 10.6 Å². The molecule has 0 atom stereocenters. The van der Waals surface area contributed by atoms with Crippen molar-refractivity contribution < 1.29 is 18.0 Å². The lowest BCUT2D eigenvalue weighted by Gasteiger charge is -2.18. The van der Waals surface area contributed by atoms with Crippen LogP contribution >= 0.6 is 0 Å². The molecule has 0 spiro atoms. The van der Waals surface area contributed by atoms with E-state index in [1.54, 1.807) is 50.2 Å². The summed E-state index contributed by atoms with van der Waals surface area (Å²) < 4.78 is 26.3. The molecule has 2 N–H and O–H groups in total. The van der Waals surface area contributed by atoms with Crippen LogP contribution in [0.4, 0.5) is 11.4 Å². The molecule has 0 heterocycles. The number of anilines is 2. The van der Waals surface area contributed by atoms with Gasteiger partial charge in [0.25, 0.3) is 0 Å². The lowest BCUT2D eigenvalue weighted by atomic mass is 10.1. The van der Waals surface area contributed by atoms with Crippen molar-refractivity contribution in [2.75, 3.05) is 30.3 Å². The predicted molar refractivity (Wildman–Crippen MR) is 110 cm³/mol. The molecule has 28 heavy (non-hydrogen) atoms. The van der Waals surface area contributed by atoms with Gasteiger partial charge in [0.15, 0.2) is 5.78 Å². The molecule has 0 radical (unpaired) electrons. The van der Waals surface area contributed by atoms with Crippen LogP contribution in [0.5, 0.6) is 0 Å². The summed E-state index contributed by atoms with van der Waals surface area (Å²) in [7, 11) is -3.51. The summed E-state index contributed by atoms with van der Waals surface area (Å²) in [6, 6.07) is 13.1. The Balaban J connectivity index is 2.00. The fourth-order valence-electron chi connectivity index (χ4n) is 2.73. The normalized spacial score (nSPS) is 11.3. The first kappa shape index (κ1) is 21.6. The van der Waals surface area contributed by atoms with Gasteiger partial charge in [-0.3, -0.25) is 9.59 Å². The van der Waals surface area contributed by atoms with Crippen LogP contribution in [0.3, 0.4) is 0 Å². The Hall–Kier alpha value is -2.71. The molecule has 0 unspecified atom stereocenters. The highest BCUT2D eigenvalue weighted by Crippen LogP contribution is 2.19. The van der Waals surface area contributed by atoms with Gasteiger partial charge in [0.05, 0.1) is 17.1 Å². The lowest BCUT2D eigenvalue weighted by molar-refractivity contribution is -0.114. The largest absolute Gasteiger partial charge is 0.376 e. The van der Waals surface area contributed by atoms with Crippen molar-refractivity contribution in [1.82, 2.24) is 4.31 Å². The monoisotopic (exact) mass is 403 g/mol. The Bertz CT molecular complexity index is 936. The average molecular weight is 404 g/mol. The zero-order chi connectivity index (χ0) is 20.7. The van der Waals surface area contributed by atoms with Gasteiger partial charge in [-0.1, -0.05) is 26.0 Å². The summed E-state index contributed by atoms with van der Waals surface area (Å²) in [4.78, 5) is 24.0. The Morgan fingerprint density at radius 1 is 0.964 bits per heavy atom. The lowest BCUT2D eigenvalue weighted by Crippen LogP contribution is -2.30. The second-order valence-electron chi connectivity index (χ2n) is 6.12. The molecular formula is C20H25N3O4S. The molecule has 0 fully saturated rings. The van der Waals surface area contributed by atoms with E-state index in [0.717, 1.165) is 0 Å². The van der Waals surface area contributed by atoms with Crippen molar-refractivity contribution in [3.05, 3.63) is 54.1 Å². The number of hydrogen-bond acceptors (Lipinski definition) is 5. The molecule has 0 saturated carbocycles. The molecule has 150 valence electrons. The first-order chi connectivity index (χ1) is 13.3. The number of ketones is 1. The molecule has 0 saturated heterocycles. The number of para-hydroxylation sites is 1. The molecule has 1 amide bonds. The summed E-state index contributed by atoms with van der Waals surface area (Å²) in [6.45, 7) is 5.81. The summed E-state index contributed by atoms with van der Waals surface area (Å²) in [5.74, 6) is -0.442. The third-order valence-electron chi connectivity index (χ3n) is 4.23. The summed E-state index contributed by atoms with van der Waals surface area (Å²) in [5.41, 5.74) is 1.53. The van der Waals surface area contributed by atoms with E-state index in [4.69, 9.17) is 0 Å². The van der Waals surface area contributed by atoms with Crippen LogP contribution in [-0.4, -0.2) is 44.0 Å². The third-order valence-corrected chi connectivity index (χ3v) is 6.30. The standard InChI is InChI=1S/C20H25N3O4S/c1-4-23(5-2)28(26,27)17-12-10-16(11-13-17)21-14-20(25)22-19-9-7-6-8-18(19)15(3)24/h6-13,21H,4-5,14H2,1-3H3,(H,22,25). The first-order valence-corrected chi connectivity index (χ1v) is 10.5. The topological polar surface area (TPSA) is 95.6 Å². The van der Waals surface area contributed by atoms with E-state index in [0.29, 0.717) is 30.0 Å². The second kappa shape index (κ2) is 9.48. The molecular weight excluding hydrogens is 378 g/mol. The number of benzene rings is 2. The molecule has 7 nitrogen and oxygen atoms in total. The maximum atomic E-state index is 12.5. The van der Waals surface area contributed by atoms with Crippen molar-refractivity contribution in [2.24, 2.45) is 0 Å². The van der Waals surface area contributed by atoms with E-state index in [-0.39, 0.29) is 23.1 Å². The Morgan fingerprint density at radius 2 is 1.57 bits per heavy atom. The van der Waals surface area contributed by atoms with E-state index in [1.807, 2.05) is 0 Å². The van der Waals surface area contributed by atoms with Crippen LogP contribution in [0, 0.1) is 0 Å². The van der Waals surface area contributed by atoms with Crippen LogP contribution in [0.1, 0.15) is 31.1 Å². The van der Waals surface area contributed by atoms with E-state index in [1.165, 1.54) is 23.4 Å². The van der Waals surface area contributed by atoms with Gasteiger partial charge in [0.1, 0.15) is 0 Å². The number of Topliss-reactive ketones (excluding diaryl/α,β-unsaturated/α-hetero) is 1. The van der Waals surface area contributed by atoms with Gasteiger partial charge in [-0.15, -0.1) is 0 Å². The number of sulfonamides is 1. The van der Waals surface area contributed by atoms with E-state index >= 15 is 0 Å². The molecule has 0 aromatic heterocycles. The van der Waals surface area contributed by atoms with Crippen LogP contribution in [-0.2, 0) is 14.8 Å². The van der Waals surface area contributed by atoms with Crippen molar-refractivity contribution in [2.45, 2.75) is 25.7 Å². The maximum absolute atomic E-state index is 12.5. The SMILES string of the molecule is CCN(CC)S(=O)(=O)c1ccc(NCC(=O)Nc2ccccc2C(C)=O)cc1. The fourth-order valence-corrected chi connectivity index (χ4v) is 4.19. The molecule has 2 aromatic carbocycles. The first-order valence-electron chi connectivity index (χ1n) is 9.03. The average Bonchev–Trinajstić information content (AvgIpc) is 2.67. The fraction of sp³-hybridized carbons (Fsp3) is 0.300. The quantitative estimate of drug-likeness (QED) is 0.628. The minimum atomic E-state index is -3.51. The number of carbonyl (C=O) groups is 2. The number of carbonyl (C=O) groups excluding carboxylic acids is 2. The van der Waals surface area contributed by atoms with E-state index in [9.17, 15) is 18.0 Å². The number of hydrogen-bond donors (Lipinski definition) is 2. The van der Waals surface area contributed by atoms with Gasteiger partial charge in [-0.05, 0) is 43.3 Å². The summed E-state index contributed by atoms with van der Waals surface area (Å²) >= 11 is 0. The minimum absolute atomic E-state index is 0.0195. The highest BCUT2D eigenvalue weighted by Gasteiger charge is 2.21. The Kier molecular flexibility index (Phi) is 7.31. The summed E-state index contributed by atoms with van der Waals surface area (Å²) in [6.07, 6.45) is 0. The predicted octanol–water partition coefficient (Wildman–Crippen LogP) is 2.97. The molecule has 0 aliphatic heterocycles. The molecule has 2 aromatic rings. The molecule has 2 rings (SSSR count). The highest BCUT2D eigenvalue weighted by atomic mass is 32.2. The number of nitrogens with zero attached hydrogens (tertiary/aromatic N) is 1. The van der Waals surface area contributed by atoms with Gasteiger partial charge >= 0.3 is 0 Å². The van der Waals surface area contributed by atoms with Gasteiger partial charge in [0, 0.05) is 24.3 Å². The second-order valence-corrected chi connectivity index (χ2v) is 8.06. The smallest absolute Gasteiger partial charge is 0.243 e. The minimum Gasteiger partial charge on any atom is -0.376 e. The zero-order valence-electron chi connectivity index (χ0n) is 16.2. The van der Waals surface area contributed by atoms with Gasteiger partial charge < -0.3 is 10.6 Å². The molecule has 0 bridgehead atoms. The van der Waals surface area contributed by atoms with Crippen molar-refractivity contribution in [3.63, 3.8) is 0 Å². The van der Waals surface area contributed by atoms with Crippen LogP contribution in [0.25, 0.3) is 0 Å². The Labute approximate surface area is 165 Å².